The van der Waals surface area contributed by atoms with Gasteiger partial charge >= 0.3 is 7.37 Å². The highest BCUT2D eigenvalue weighted by molar-refractivity contribution is 7.75. The molecule has 1 unspecified atom stereocenters. The summed E-state index contributed by atoms with van der Waals surface area (Å²) in [7, 11) is 1.25. The summed E-state index contributed by atoms with van der Waals surface area (Å²) in [5.41, 5.74) is 3.69. The first-order valence-corrected chi connectivity index (χ1v) is 13.4. The van der Waals surface area contributed by atoms with E-state index in [-0.39, 0.29) is 0 Å². The Hall–Kier alpha value is -3.89. The van der Waals surface area contributed by atoms with Crippen molar-refractivity contribution in [2.45, 2.75) is 13.5 Å². The monoisotopic (exact) mass is 499 g/mol. The van der Waals surface area contributed by atoms with Crippen molar-refractivity contribution >= 4 is 39.8 Å². The maximum atomic E-state index is 15.1. The number of hydrogen-bond donors (Lipinski definition) is 0. The fraction of sp³-hybridized carbons (Fsp3) is 0.172. The van der Waals surface area contributed by atoms with E-state index in [2.05, 4.69) is 11.5 Å². The third-order valence-corrected chi connectivity index (χ3v) is 9.36. The van der Waals surface area contributed by atoms with Crippen LogP contribution in [-0.2, 0) is 11.1 Å². The van der Waals surface area contributed by atoms with Gasteiger partial charge in [-0.15, -0.1) is 0 Å². The van der Waals surface area contributed by atoms with Crippen molar-refractivity contribution < 1.29 is 23.3 Å². The zero-order chi connectivity index (χ0) is 25.0. The van der Waals surface area contributed by atoms with Crippen molar-refractivity contribution in [3.63, 3.8) is 0 Å². The van der Waals surface area contributed by atoms with Crippen molar-refractivity contribution in [3.8, 4) is 34.1 Å². The second-order valence-corrected chi connectivity index (χ2v) is 10.9. The molecule has 0 amide bonds. The van der Waals surface area contributed by atoms with Crippen LogP contribution < -0.4 is 29.3 Å². The smallest absolute Gasteiger partial charge is 0.311 e. The van der Waals surface area contributed by atoms with Crippen LogP contribution >= 0.6 is 7.37 Å². The number of benzene rings is 4. The van der Waals surface area contributed by atoms with Gasteiger partial charge in [-0.2, -0.15) is 0 Å². The lowest BCUT2D eigenvalue weighted by molar-refractivity contribution is 0.410. The molecule has 1 aliphatic rings. The summed E-state index contributed by atoms with van der Waals surface area (Å²) in [5, 5.41) is 2.85. The molecule has 6 nitrogen and oxygen atoms in total. The molecule has 6 rings (SSSR count). The van der Waals surface area contributed by atoms with Gasteiger partial charge in [-0.3, -0.25) is 4.57 Å². The summed E-state index contributed by atoms with van der Waals surface area (Å²) in [6.07, 6.45) is 0. The number of methoxy groups -OCH3 is 3. The molecule has 0 saturated heterocycles. The van der Waals surface area contributed by atoms with Crippen LogP contribution in [0, 0.1) is 0 Å². The third-order valence-electron chi connectivity index (χ3n) is 6.91. The van der Waals surface area contributed by atoms with Crippen LogP contribution in [0.4, 0.5) is 0 Å². The first-order valence-electron chi connectivity index (χ1n) is 11.8. The van der Waals surface area contributed by atoms with Gasteiger partial charge in [-0.05, 0) is 42.8 Å². The number of aromatic nitrogens is 1. The Morgan fingerprint density at radius 3 is 2.31 bits per heavy atom. The molecule has 0 N–H and O–H groups in total. The van der Waals surface area contributed by atoms with E-state index < -0.39 is 7.37 Å². The van der Waals surface area contributed by atoms with Gasteiger partial charge in [0.1, 0.15) is 23.0 Å². The highest BCUT2D eigenvalue weighted by Crippen LogP contribution is 2.57. The van der Waals surface area contributed by atoms with Gasteiger partial charge in [0.2, 0.25) is 0 Å². The minimum absolute atomic E-state index is 0.467. The molecule has 0 bridgehead atoms. The van der Waals surface area contributed by atoms with Gasteiger partial charge in [0.05, 0.1) is 42.8 Å². The van der Waals surface area contributed by atoms with Crippen molar-refractivity contribution in [2.75, 3.05) is 21.3 Å². The second kappa shape index (κ2) is 8.35. The van der Waals surface area contributed by atoms with E-state index in [0.29, 0.717) is 27.9 Å². The van der Waals surface area contributed by atoms with Crippen molar-refractivity contribution in [1.29, 1.82) is 0 Å². The first-order chi connectivity index (χ1) is 17.5. The average molecular weight is 500 g/mol. The SMILES string of the molecule is CCn1c2ccc(OC)cc2c2c(OC)c(P3(=O)Oc4ccccc4-c4ccccc43)cc(OC)c21. The molecule has 7 heteroatoms. The molecule has 1 aromatic heterocycles. The molecule has 4 aromatic carbocycles. The highest BCUT2D eigenvalue weighted by atomic mass is 31.2. The lowest BCUT2D eigenvalue weighted by Crippen LogP contribution is -2.26. The summed E-state index contributed by atoms with van der Waals surface area (Å²) in [6, 6.07) is 23.1. The molecule has 2 heterocycles. The Balaban J connectivity index is 1.76. The zero-order valence-corrected chi connectivity index (χ0v) is 21.5. The van der Waals surface area contributed by atoms with Gasteiger partial charge in [0.25, 0.3) is 0 Å². The van der Waals surface area contributed by atoms with Crippen molar-refractivity contribution in [3.05, 3.63) is 72.8 Å². The number of rotatable bonds is 5. The predicted octanol–water partition coefficient (Wildman–Crippen LogP) is 6.13. The molecule has 1 atom stereocenters. The van der Waals surface area contributed by atoms with Crippen LogP contribution in [-0.4, -0.2) is 25.9 Å². The van der Waals surface area contributed by atoms with Gasteiger partial charge < -0.3 is 23.3 Å². The Kier molecular flexibility index (Phi) is 5.24. The number of ether oxygens (including phenoxy) is 3. The van der Waals surface area contributed by atoms with E-state index in [1.165, 1.54) is 0 Å². The predicted molar refractivity (Wildman–Crippen MR) is 144 cm³/mol. The van der Waals surface area contributed by atoms with Crippen LogP contribution in [0.25, 0.3) is 32.9 Å². The molecule has 0 radical (unpaired) electrons. The average Bonchev–Trinajstić information content (AvgIpc) is 3.26. The van der Waals surface area contributed by atoms with E-state index in [0.717, 1.165) is 45.2 Å². The summed E-state index contributed by atoms with van der Waals surface area (Å²) < 4.78 is 41.1. The lowest BCUT2D eigenvalue weighted by atomic mass is 10.0. The number of hydrogen-bond acceptors (Lipinski definition) is 5. The Bertz CT molecular complexity index is 1700. The Morgan fingerprint density at radius 1 is 0.833 bits per heavy atom. The number of para-hydroxylation sites is 1. The zero-order valence-electron chi connectivity index (χ0n) is 20.6. The Labute approximate surface area is 209 Å². The van der Waals surface area contributed by atoms with Crippen molar-refractivity contribution in [1.82, 2.24) is 4.57 Å². The number of aryl methyl sites for hydroxylation is 1. The third kappa shape index (κ3) is 3.01. The molecule has 0 fully saturated rings. The van der Waals surface area contributed by atoms with Crippen LogP contribution in [0.5, 0.6) is 23.0 Å². The summed E-state index contributed by atoms with van der Waals surface area (Å²) >= 11 is 0. The molecule has 0 spiro atoms. The molecular formula is C29H26NO5P. The van der Waals surface area contributed by atoms with E-state index in [9.17, 15) is 0 Å². The van der Waals surface area contributed by atoms with Gasteiger partial charge in [0, 0.05) is 29.1 Å². The largest absolute Gasteiger partial charge is 0.497 e. The normalized spacial score (nSPS) is 16.3. The summed E-state index contributed by atoms with van der Waals surface area (Å²) in [4.78, 5) is 0. The van der Waals surface area contributed by atoms with E-state index >= 15 is 4.57 Å². The van der Waals surface area contributed by atoms with Crippen LogP contribution in [0.2, 0.25) is 0 Å². The molecule has 5 aromatic rings. The fourth-order valence-corrected chi connectivity index (χ4v) is 7.78. The van der Waals surface area contributed by atoms with E-state index in [1.807, 2.05) is 72.8 Å². The topological polar surface area (TPSA) is 58.9 Å². The van der Waals surface area contributed by atoms with Gasteiger partial charge in [-0.25, -0.2) is 0 Å². The fourth-order valence-electron chi connectivity index (χ4n) is 5.34. The maximum absolute atomic E-state index is 15.1. The lowest BCUT2D eigenvalue weighted by Gasteiger charge is -2.30. The molecule has 182 valence electrons. The highest BCUT2D eigenvalue weighted by Gasteiger charge is 2.41. The maximum Gasteiger partial charge on any atom is 0.311 e. The Morgan fingerprint density at radius 2 is 1.58 bits per heavy atom. The quantitative estimate of drug-likeness (QED) is 0.272. The molecule has 1 aliphatic heterocycles. The molecule has 0 aliphatic carbocycles. The van der Waals surface area contributed by atoms with Crippen LogP contribution in [0.3, 0.4) is 0 Å². The minimum atomic E-state index is -3.63. The van der Waals surface area contributed by atoms with Crippen molar-refractivity contribution in [2.24, 2.45) is 0 Å². The molecule has 36 heavy (non-hydrogen) atoms. The standard InChI is InChI=1S/C29H26NO5P/c1-5-30-22-15-14-18(32-2)16-21(22)27-28(30)24(33-3)17-26(29(27)34-4)36(31)25-13-9-7-11-20(25)19-10-6-8-12-23(19)35-36/h6-17H,5H2,1-4H3. The molecule has 0 saturated carbocycles. The second-order valence-electron chi connectivity index (χ2n) is 8.64. The van der Waals surface area contributed by atoms with Gasteiger partial charge in [0.15, 0.2) is 0 Å². The molecular weight excluding hydrogens is 473 g/mol. The summed E-state index contributed by atoms with van der Waals surface area (Å²) in [6.45, 7) is 2.80. The first kappa shape index (κ1) is 22.6. The summed E-state index contributed by atoms with van der Waals surface area (Å²) in [5.74, 6) is 2.42. The number of fused-ring (bicyclic) bond motifs is 6. The number of nitrogens with zero attached hydrogens (tertiary/aromatic N) is 1. The van der Waals surface area contributed by atoms with Crippen LogP contribution in [0.15, 0.2) is 72.8 Å². The van der Waals surface area contributed by atoms with Gasteiger partial charge in [-0.1, -0.05) is 36.4 Å². The van der Waals surface area contributed by atoms with Crippen LogP contribution in [0.1, 0.15) is 6.92 Å². The van der Waals surface area contributed by atoms with E-state index in [1.54, 1.807) is 21.3 Å². The van der Waals surface area contributed by atoms with E-state index in [4.69, 9.17) is 18.7 Å². The minimum Gasteiger partial charge on any atom is -0.497 e.